The van der Waals surface area contributed by atoms with E-state index in [0.717, 1.165) is 51.7 Å². The zero-order valence-corrected chi connectivity index (χ0v) is 33.1. The largest absolute Gasteiger partial charge is 0 e. The Labute approximate surface area is 314 Å². The smallest absolute Gasteiger partial charge is 0 e. The Morgan fingerprint density at radius 1 is 0.667 bits per heavy atom. The molecule has 0 atom stereocenters. The van der Waals surface area contributed by atoms with Crippen LogP contribution in [-0.4, -0.2) is 28.2 Å². The fraction of sp³-hybridized carbons (Fsp3) is 0.114. The molecule has 0 amide bonds. The molecule has 0 fully saturated rings. The normalized spacial score (nSPS) is 11.1. The monoisotopic (exact) mass is 908 g/mol. The maximum absolute atomic E-state index is 13.5. The van der Waals surface area contributed by atoms with Crippen molar-refractivity contribution < 1.29 is 28.9 Å². The van der Waals surface area contributed by atoms with E-state index in [2.05, 4.69) is 100 Å². The number of fused-ring (bicyclic) bond motifs is 3. The molecule has 0 saturated heterocycles. The third-order valence-corrected chi connectivity index (χ3v) is 13.0. The van der Waals surface area contributed by atoms with E-state index in [4.69, 9.17) is 9.40 Å². The predicted molar refractivity (Wildman–Crippen MR) is 204 cm³/mol. The average molecular weight is 907 g/mol. The van der Waals surface area contributed by atoms with E-state index in [9.17, 15) is 4.39 Å². The minimum atomic E-state index is -1.96. The molecule has 51 heavy (non-hydrogen) atoms. The van der Waals surface area contributed by atoms with E-state index in [1.54, 1.807) is 12.3 Å². The van der Waals surface area contributed by atoms with Gasteiger partial charge in [-0.15, -0.1) is 18.2 Å². The first-order valence-corrected chi connectivity index (χ1v) is 24.1. The van der Waals surface area contributed by atoms with Gasteiger partial charge in [0.25, 0.3) is 0 Å². The summed E-state index contributed by atoms with van der Waals surface area (Å²) in [5.74, 6) is 6.73. The van der Waals surface area contributed by atoms with Crippen LogP contribution >= 0.6 is 0 Å². The molecule has 4 aromatic heterocycles. The molecule has 1 radical (unpaired) electrons. The SMILES string of the molecule is Fc1ccc2c(n1)oc1c(-c3cc(Cc4ccccc4)ccn3)[c-]ccc12.[CH3][Ge]([CH3])([CH3])[c]1cnc(-c2[c-]cccc2)cc1Cc1ccccc1.[Ir]. The van der Waals surface area contributed by atoms with Crippen LogP contribution in [0.4, 0.5) is 4.39 Å². The van der Waals surface area contributed by atoms with Gasteiger partial charge in [-0.05, 0) is 41.4 Å². The molecule has 4 heterocycles. The summed E-state index contributed by atoms with van der Waals surface area (Å²) < 4.78 is 20.8. The van der Waals surface area contributed by atoms with Gasteiger partial charge in [-0.3, -0.25) is 0 Å². The van der Waals surface area contributed by atoms with Crippen molar-refractivity contribution in [1.29, 1.82) is 0 Å². The Balaban J connectivity index is 0.000000175. The summed E-state index contributed by atoms with van der Waals surface area (Å²) in [6.07, 6.45) is 5.70. The van der Waals surface area contributed by atoms with E-state index in [-0.39, 0.29) is 25.8 Å². The third kappa shape index (κ3) is 8.59. The van der Waals surface area contributed by atoms with E-state index in [0.29, 0.717) is 5.58 Å². The fourth-order valence-corrected chi connectivity index (χ4v) is 9.48. The van der Waals surface area contributed by atoms with E-state index < -0.39 is 19.2 Å². The molecule has 0 unspecified atom stereocenters. The summed E-state index contributed by atoms with van der Waals surface area (Å²) in [6, 6.07) is 48.6. The molecule has 255 valence electrons. The number of pyridine rings is 3. The first-order valence-electron chi connectivity index (χ1n) is 16.7. The van der Waals surface area contributed by atoms with Gasteiger partial charge < -0.3 is 9.40 Å². The molecule has 8 aromatic rings. The van der Waals surface area contributed by atoms with Gasteiger partial charge >= 0.3 is 142 Å². The van der Waals surface area contributed by atoms with Gasteiger partial charge in [0.2, 0.25) is 11.7 Å². The van der Waals surface area contributed by atoms with Crippen LogP contribution in [0, 0.1) is 18.1 Å². The van der Waals surface area contributed by atoms with Gasteiger partial charge in [-0.25, -0.2) is 0 Å². The number of hydrogen-bond acceptors (Lipinski definition) is 4. The molecule has 4 aromatic carbocycles. The molecular formula is C44H36FGeIrN3O-2. The Bertz CT molecular complexity index is 2380. The van der Waals surface area contributed by atoms with Crippen molar-refractivity contribution in [3.05, 3.63) is 180 Å². The first kappa shape index (κ1) is 36.1. The maximum Gasteiger partial charge on any atom is 0 e. The zero-order valence-electron chi connectivity index (χ0n) is 28.7. The number of halogens is 1. The first-order chi connectivity index (χ1) is 24.3. The molecule has 0 aliphatic carbocycles. The van der Waals surface area contributed by atoms with E-state index in [1.807, 2.05) is 60.7 Å². The molecule has 0 aliphatic heterocycles. The van der Waals surface area contributed by atoms with Crippen molar-refractivity contribution in [2.45, 2.75) is 30.1 Å². The summed E-state index contributed by atoms with van der Waals surface area (Å²) >= 11 is -1.96. The van der Waals surface area contributed by atoms with Gasteiger partial charge in [-0.2, -0.15) is 9.37 Å². The summed E-state index contributed by atoms with van der Waals surface area (Å²) in [5.41, 5.74) is 9.68. The molecule has 4 nitrogen and oxygen atoms in total. The predicted octanol–water partition coefficient (Wildman–Crippen LogP) is 10.3. The fourth-order valence-electron chi connectivity index (χ4n) is 6.18. The van der Waals surface area contributed by atoms with Crippen LogP contribution in [0.2, 0.25) is 17.3 Å². The Morgan fingerprint density at radius 2 is 1.39 bits per heavy atom. The van der Waals surface area contributed by atoms with Crippen LogP contribution in [0.5, 0.6) is 0 Å². The molecule has 0 spiro atoms. The quantitative estimate of drug-likeness (QED) is 0.0909. The summed E-state index contributed by atoms with van der Waals surface area (Å²) in [6.45, 7) is 0. The van der Waals surface area contributed by atoms with Crippen molar-refractivity contribution >= 4 is 39.7 Å². The molecule has 0 saturated carbocycles. The standard InChI is InChI=1S/C23H14FN2O.C21H22GeN.Ir/c24-21-10-9-18-17-7-4-8-19(22(17)27-23(18)26-21)20-14-16(11-12-25-20)13-15-5-2-1-3-6-15;1-22(2,3)20-16-23-21(18-12-8-5-9-13-18)15-19(20)14-17-10-6-4-7-11-17;/h1-7,9-12,14H,13H2;4-12,15-16H,14H2,1-3H3;/q2*-1;. The number of furan rings is 1. The zero-order chi connectivity index (χ0) is 34.5. The van der Waals surface area contributed by atoms with Gasteiger partial charge in [0, 0.05) is 31.7 Å². The number of aromatic nitrogens is 3. The number of nitrogens with zero attached hydrogens (tertiary/aromatic N) is 3. The van der Waals surface area contributed by atoms with Crippen molar-refractivity contribution in [2.24, 2.45) is 0 Å². The number of benzene rings is 4. The summed E-state index contributed by atoms with van der Waals surface area (Å²) in [4.78, 5) is 13.1. The minimum Gasteiger partial charge on any atom is 0 e. The van der Waals surface area contributed by atoms with E-state index >= 15 is 0 Å². The van der Waals surface area contributed by atoms with Gasteiger partial charge in [-0.1, -0.05) is 47.3 Å². The van der Waals surface area contributed by atoms with Crippen LogP contribution in [0.25, 0.3) is 44.6 Å². The van der Waals surface area contributed by atoms with E-state index in [1.165, 1.54) is 27.2 Å². The van der Waals surface area contributed by atoms with Gasteiger partial charge in [0.1, 0.15) is 0 Å². The molecule has 7 heteroatoms. The second kappa shape index (κ2) is 16.1. The molecular weight excluding hydrogens is 870 g/mol. The molecule has 0 aliphatic rings. The number of rotatable bonds is 7. The average Bonchev–Trinajstić information content (AvgIpc) is 3.50. The van der Waals surface area contributed by atoms with Crippen molar-refractivity contribution in [3.8, 4) is 22.5 Å². The Kier molecular flexibility index (Phi) is 11.4. The Morgan fingerprint density at radius 3 is 2.10 bits per heavy atom. The van der Waals surface area contributed by atoms with Gasteiger partial charge in [0.05, 0.1) is 5.58 Å². The number of hydrogen-bond donors (Lipinski definition) is 0. The van der Waals surface area contributed by atoms with Crippen LogP contribution in [-0.2, 0) is 32.9 Å². The third-order valence-electron chi connectivity index (χ3n) is 8.62. The summed E-state index contributed by atoms with van der Waals surface area (Å²) in [5, 5.41) is 1.66. The van der Waals surface area contributed by atoms with Gasteiger partial charge in [0.15, 0.2) is 0 Å². The molecule has 0 bridgehead atoms. The summed E-state index contributed by atoms with van der Waals surface area (Å²) in [7, 11) is 0. The van der Waals surface area contributed by atoms with Crippen LogP contribution in [0.3, 0.4) is 0 Å². The molecule has 8 rings (SSSR count). The van der Waals surface area contributed by atoms with Crippen LogP contribution < -0.4 is 4.40 Å². The second-order valence-corrected chi connectivity index (χ2v) is 23.9. The Hall–Kier alpha value is -4.75. The molecule has 0 N–H and O–H groups in total. The van der Waals surface area contributed by atoms with Crippen molar-refractivity contribution in [2.75, 3.05) is 0 Å². The minimum absolute atomic E-state index is 0. The van der Waals surface area contributed by atoms with Crippen LogP contribution in [0.1, 0.15) is 22.3 Å². The van der Waals surface area contributed by atoms with Crippen molar-refractivity contribution in [3.63, 3.8) is 0 Å². The van der Waals surface area contributed by atoms with Crippen LogP contribution in [0.15, 0.2) is 144 Å². The topological polar surface area (TPSA) is 51.8 Å². The maximum atomic E-state index is 13.5. The van der Waals surface area contributed by atoms with Crippen molar-refractivity contribution in [1.82, 2.24) is 15.0 Å². The second-order valence-electron chi connectivity index (χ2n) is 13.3.